The zero-order valence-corrected chi connectivity index (χ0v) is 12.7. The van der Waals surface area contributed by atoms with E-state index in [0.717, 1.165) is 19.1 Å². The minimum atomic E-state index is 0.226. The van der Waals surface area contributed by atoms with E-state index in [1.807, 2.05) is 11.8 Å². The maximum absolute atomic E-state index is 6.05. The molecule has 0 aromatic heterocycles. The summed E-state index contributed by atoms with van der Waals surface area (Å²) in [5, 5.41) is 3.75. The molecule has 3 unspecified atom stereocenters. The largest absolute Gasteiger partial charge is 0.374 e. The molecular weight excluding hydrogens is 250 g/mol. The third kappa shape index (κ3) is 4.05. The van der Waals surface area contributed by atoms with Gasteiger partial charge in [-0.15, -0.1) is 0 Å². The highest BCUT2D eigenvalue weighted by Crippen LogP contribution is 2.38. The van der Waals surface area contributed by atoms with E-state index in [1.165, 1.54) is 36.5 Å². The van der Waals surface area contributed by atoms with Gasteiger partial charge in [0.15, 0.2) is 0 Å². The van der Waals surface area contributed by atoms with E-state index in [1.54, 1.807) is 0 Å². The zero-order chi connectivity index (χ0) is 12.1. The van der Waals surface area contributed by atoms with Crippen molar-refractivity contribution in [1.29, 1.82) is 0 Å². The van der Waals surface area contributed by atoms with Gasteiger partial charge in [0.1, 0.15) is 0 Å². The van der Waals surface area contributed by atoms with Gasteiger partial charge in [-0.25, -0.2) is 0 Å². The predicted molar refractivity (Wildman–Crippen MR) is 79.2 cm³/mol. The highest BCUT2D eigenvalue weighted by atomic mass is 32.2. The molecule has 0 saturated carbocycles. The maximum atomic E-state index is 6.05. The highest BCUT2D eigenvalue weighted by molar-refractivity contribution is 7.99. The van der Waals surface area contributed by atoms with Crippen LogP contribution in [-0.4, -0.2) is 48.3 Å². The summed E-state index contributed by atoms with van der Waals surface area (Å²) in [7, 11) is 0. The lowest BCUT2D eigenvalue weighted by molar-refractivity contribution is -0.0702. The topological polar surface area (TPSA) is 21.3 Å². The van der Waals surface area contributed by atoms with Crippen molar-refractivity contribution < 1.29 is 4.74 Å². The van der Waals surface area contributed by atoms with Crippen LogP contribution in [0.5, 0.6) is 0 Å². The predicted octanol–water partition coefficient (Wildman–Crippen LogP) is 2.63. The molecule has 1 N–H and O–H groups in total. The van der Waals surface area contributed by atoms with E-state index in [2.05, 4.69) is 30.3 Å². The molecule has 0 amide bonds. The second kappa shape index (κ2) is 6.69. The van der Waals surface area contributed by atoms with Gasteiger partial charge >= 0.3 is 0 Å². The Morgan fingerprint density at radius 2 is 2.47 bits per heavy atom. The molecule has 2 heterocycles. The second-order valence-electron chi connectivity index (χ2n) is 5.49. The molecule has 0 aromatic carbocycles. The number of rotatable bonds is 5. The maximum Gasteiger partial charge on any atom is 0.0795 e. The average Bonchev–Trinajstić information content (AvgIpc) is 2.75. The Kier molecular flexibility index (Phi) is 5.52. The summed E-state index contributed by atoms with van der Waals surface area (Å²) in [4.78, 5) is 0. The second-order valence-corrected chi connectivity index (χ2v) is 7.51. The van der Waals surface area contributed by atoms with Crippen LogP contribution in [-0.2, 0) is 4.74 Å². The van der Waals surface area contributed by atoms with Crippen molar-refractivity contribution in [2.75, 3.05) is 36.7 Å². The van der Waals surface area contributed by atoms with E-state index in [4.69, 9.17) is 4.74 Å². The molecule has 1 spiro atoms. The van der Waals surface area contributed by atoms with Crippen molar-refractivity contribution in [3.8, 4) is 0 Å². The molecule has 100 valence electrons. The molecule has 2 aliphatic rings. The minimum Gasteiger partial charge on any atom is -0.374 e. The van der Waals surface area contributed by atoms with Crippen LogP contribution >= 0.6 is 23.5 Å². The lowest BCUT2D eigenvalue weighted by Gasteiger charge is -2.38. The normalized spacial score (nSPS) is 35.3. The first-order chi connectivity index (χ1) is 8.24. The molecule has 0 aliphatic carbocycles. The SMILES string of the molecule is CSCC(C)CNC1CCOC2(CCSC2)C1. The molecule has 2 nitrogen and oxygen atoms in total. The summed E-state index contributed by atoms with van der Waals surface area (Å²) in [5.41, 5.74) is 0.226. The van der Waals surface area contributed by atoms with E-state index < -0.39 is 0 Å². The van der Waals surface area contributed by atoms with E-state index >= 15 is 0 Å². The molecule has 2 rings (SSSR count). The Hall–Kier alpha value is 0.620. The quantitative estimate of drug-likeness (QED) is 0.832. The molecular formula is C13H25NOS2. The smallest absolute Gasteiger partial charge is 0.0795 e. The van der Waals surface area contributed by atoms with Crippen LogP contribution in [0.25, 0.3) is 0 Å². The first kappa shape index (κ1) is 14.0. The van der Waals surface area contributed by atoms with E-state index in [9.17, 15) is 0 Å². The van der Waals surface area contributed by atoms with Crippen LogP contribution in [0.2, 0.25) is 0 Å². The van der Waals surface area contributed by atoms with Crippen molar-refractivity contribution in [3.63, 3.8) is 0 Å². The monoisotopic (exact) mass is 275 g/mol. The fraction of sp³-hybridized carbons (Fsp3) is 1.00. The lowest BCUT2D eigenvalue weighted by atomic mass is 9.89. The number of ether oxygens (including phenoxy) is 1. The Balaban J connectivity index is 1.74. The highest BCUT2D eigenvalue weighted by Gasteiger charge is 2.40. The van der Waals surface area contributed by atoms with Crippen LogP contribution in [0, 0.1) is 5.92 Å². The molecule has 2 aliphatic heterocycles. The Bertz CT molecular complexity index is 231. The van der Waals surface area contributed by atoms with Crippen LogP contribution in [0.15, 0.2) is 0 Å². The molecule has 0 aromatic rings. The summed E-state index contributed by atoms with van der Waals surface area (Å²) in [6.07, 6.45) is 5.87. The first-order valence-corrected chi connectivity index (χ1v) is 9.23. The molecule has 2 fully saturated rings. The molecule has 3 atom stereocenters. The number of nitrogens with one attached hydrogen (secondary N) is 1. The average molecular weight is 275 g/mol. The summed E-state index contributed by atoms with van der Waals surface area (Å²) < 4.78 is 6.05. The van der Waals surface area contributed by atoms with Gasteiger partial charge in [-0.3, -0.25) is 0 Å². The summed E-state index contributed by atoms with van der Waals surface area (Å²) >= 11 is 4.00. The van der Waals surface area contributed by atoms with Crippen LogP contribution in [0.3, 0.4) is 0 Å². The molecule has 0 radical (unpaired) electrons. The zero-order valence-electron chi connectivity index (χ0n) is 11.0. The van der Waals surface area contributed by atoms with Gasteiger partial charge < -0.3 is 10.1 Å². The van der Waals surface area contributed by atoms with Crippen molar-refractivity contribution in [1.82, 2.24) is 5.32 Å². The summed E-state index contributed by atoms with van der Waals surface area (Å²) in [5.74, 6) is 4.54. The van der Waals surface area contributed by atoms with Crippen LogP contribution < -0.4 is 5.32 Å². The Labute approximate surface area is 114 Å². The summed E-state index contributed by atoms with van der Waals surface area (Å²) in [6, 6.07) is 0.687. The summed E-state index contributed by atoms with van der Waals surface area (Å²) in [6.45, 7) is 4.45. The van der Waals surface area contributed by atoms with Gasteiger partial charge in [-0.05, 0) is 49.5 Å². The molecule has 2 saturated heterocycles. The van der Waals surface area contributed by atoms with Gasteiger partial charge in [-0.1, -0.05) is 6.92 Å². The van der Waals surface area contributed by atoms with Crippen molar-refractivity contribution in [2.45, 2.75) is 37.8 Å². The van der Waals surface area contributed by atoms with Crippen molar-refractivity contribution in [2.24, 2.45) is 5.92 Å². The van der Waals surface area contributed by atoms with E-state index in [-0.39, 0.29) is 5.60 Å². The van der Waals surface area contributed by atoms with Gasteiger partial charge in [0.2, 0.25) is 0 Å². The minimum absolute atomic E-state index is 0.226. The lowest BCUT2D eigenvalue weighted by Crippen LogP contribution is -2.48. The van der Waals surface area contributed by atoms with Gasteiger partial charge in [0.05, 0.1) is 5.60 Å². The van der Waals surface area contributed by atoms with Crippen LogP contribution in [0.1, 0.15) is 26.2 Å². The fourth-order valence-electron chi connectivity index (χ4n) is 2.78. The molecule has 17 heavy (non-hydrogen) atoms. The van der Waals surface area contributed by atoms with Gasteiger partial charge in [-0.2, -0.15) is 23.5 Å². The van der Waals surface area contributed by atoms with Crippen molar-refractivity contribution >= 4 is 23.5 Å². The van der Waals surface area contributed by atoms with Gasteiger partial charge in [0, 0.05) is 18.4 Å². The number of thioether (sulfide) groups is 2. The van der Waals surface area contributed by atoms with Crippen LogP contribution in [0.4, 0.5) is 0 Å². The molecule has 0 bridgehead atoms. The first-order valence-electron chi connectivity index (χ1n) is 6.68. The van der Waals surface area contributed by atoms with Crippen molar-refractivity contribution in [3.05, 3.63) is 0 Å². The number of hydrogen-bond acceptors (Lipinski definition) is 4. The Morgan fingerprint density at radius 1 is 1.59 bits per heavy atom. The third-order valence-electron chi connectivity index (χ3n) is 3.77. The third-order valence-corrected chi connectivity index (χ3v) is 5.89. The fourth-order valence-corrected chi connectivity index (χ4v) is 4.84. The van der Waals surface area contributed by atoms with Gasteiger partial charge in [0.25, 0.3) is 0 Å². The Morgan fingerprint density at radius 3 is 3.18 bits per heavy atom. The molecule has 4 heteroatoms. The standard InChI is InChI=1S/C13H25NOS2/c1-11(9-16-2)8-14-12-3-5-15-13(7-12)4-6-17-10-13/h11-12,14H,3-10H2,1-2H3. The number of hydrogen-bond donors (Lipinski definition) is 1. The van der Waals surface area contributed by atoms with E-state index in [0.29, 0.717) is 6.04 Å².